The van der Waals surface area contributed by atoms with Gasteiger partial charge in [0.05, 0.1) is 11.0 Å². The first-order valence-corrected chi connectivity index (χ1v) is 9.31. The van der Waals surface area contributed by atoms with Gasteiger partial charge in [-0.2, -0.15) is 0 Å². The van der Waals surface area contributed by atoms with Crippen molar-refractivity contribution in [3.05, 3.63) is 33.9 Å². The van der Waals surface area contributed by atoms with Gasteiger partial charge >= 0.3 is 0 Å². The van der Waals surface area contributed by atoms with E-state index >= 15 is 0 Å². The van der Waals surface area contributed by atoms with E-state index in [1.54, 1.807) is 12.1 Å². The molecule has 0 atom stereocenters. The third kappa shape index (κ3) is 5.69. The van der Waals surface area contributed by atoms with Crippen LogP contribution in [0, 0.1) is 16.0 Å². The fourth-order valence-electron chi connectivity index (χ4n) is 3.02. The Balaban J connectivity index is 2.00. The highest BCUT2D eigenvalue weighted by Crippen LogP contribution is 2.32. The molecule has 0 bridgehead atoms. The van der Waals surface area contributed by atoms with Gasteiger partial charge in [0.25, 0.3) is 11.6 Å². The average Bonchev–Trinajstić information content (AvgIpc) is 2.61. The number of benzene rings is 1. The zero-order valence-electron chi connectivity index (χ0n) is 15.9. The molecule has 144 valence electrons. The zero-order chi connectivity index (χ0) is 19.1. The predicted molar refractivity (Wildman–Crippen MR) is 102 cm³/mol. The lowest BCUT2D eigenvalue weighted by Crippen LogP contribution is -2.33. The molecule has 1 heterocycles. The van der Waals surface area contributed by atoms with Crippen LogP contribution in [-0.2, 0) is 4.74 Å². The van der Waals surface area contributed by atoms with Gasteiger partial charge in [-0.05, 0) is 51.2 Å². The first-order valence-electron chi connectivity index (χ1n) is 9.31. The van der Waals surface area contributed by atoms with E-state index in [0.717, 1.165) is 25.9 Å². The first-order chi connectivity index (χ1) is 12.4. The minimum absolute atomic E-state index is 0.00431. The molecule has 0 radical (unpaired) electrons. The maximum atomic E-state index is 12.3. The minimum atomic E-state index is -0.402. The Kier molecular flexibility index (Phi) is 7.38. The Hall–Kier alpha value is -2.15. The molecule has 1 aliphatic heterocycles. The normalized spacial score (nSPS) is 15.3. The molecular weight excluding hydrogens is 334 g/mol. The average molecular weight is 363 g/mol. The molecule has 1 aromatic carbocycles. The van der Waals surface area contributed by atoms with E-state index < -0.39 is 4.92 Å². The molecule has 0 unspecified atom stereocenters. The summed E-state index contributed by atoms with van der Waals surface area (Å²) in [7, 11) is 0. The van der Waals surface area contributed by atoms with Crippen LogP contribution in [0.3, 0.4) is 0 Å². The fourth-order valence-corrected chi connectivity index (χ4v) is 3.02. The van der Waals surface area contributed by atoms with Gasteiger partial charge in [0, 0.05) is 37.9 Å². The highest BCUT2D eigenvalue weighted by atomic mass is 16.6. The maximum absolute atomic E-state index is 12.3. The molecule has 1 N–H and O–H groups in total. The standard InChI is InChI=1S/C19H29N3O4/c1-14(2)26-12-4-9-20-19(23)16-5-6-17(18(13-16)22(24)25)21-10-7-15(3)8-11-21/h5-6,13-15H,4,7-12H2,1-3H3,(H,20,23). The second kappa shape index (κ2) is 9.52. The van der Waals surface area contributed by atoms with Crippen LogP contribution < -0.4 is 10.2 Å². The Morgan fingerprint density at radius 1 is 1.38 bits per heavy atom. The molecule has 1 saturated heterocycles. The number of carbonyl (C=O) groups is 1. The summed E-state index contributed by atoms with van der Waals surface area (Å²) >= 11 is 0. The lowest BCUT2D eigenvalue weighted by Gasteiger charge is -2.31. The van der Waals surface area contributed by atoms with E-state index in [0.29, 0.717) is 36.7 Å². The van der Waals surface area contributed by atoms with E-state index in [9.17, 15) is 14.9 Å². The van der Waals surface area contributed by atoms with Crippen molar-refractivity contribution in [3.63, 3.8) is 0 Å². The molecule has 1 amide bonds. The van der Waals surface area contributed by atoms with Gasteiger partial charge < -0.3 is 15.0 Å². The van der Waals surface area contributed by atoms with Crippen LogP contribution in [0.5, 0.6) is 0 Å². The van der Waals surface area contributed by atoms with Gasteiger partial charge in [-0.15, -0.1) is 0 Å². The predicted octanol–water partition coefficient (Wildman–Crippen LogP) is 3.38. The van der Waals surface area contributed by atoms with Crippen LogP contribution >= 0.6 is 0 Å². The topological polar surface area (TPSA) is 84.7 Å². The number of nitrogens with zero attached hydrogens (tertiary/aromatic N) is 2. The molecule has 7 nitrogen and oxygen atoms in total. The highest BCUT2D eigenvalue weighted by molar-refractivity contribution is 5.95. The monoisotopic (exact) mass is 363 g/mol. The van der Waals surface area contributed by atoms with Crippen LogP contribution in [0.2, 0.25) is 0 Å². The van der Waals surface area contributed by atoms with E-state index in [2.05, 4.69) is 12.2 Å². The molecule has 7 heteroatoms. The first kappa shape index (κ1) is 20.2. The number of rotatable bonds is 8. The Morgan fingerprint density at radius 2 is 2.08 bits per heavy atom. The summed E-state index contributed by atoms with van der Waals surface area (Å²) in [4.78, 5) is 25.4. The van der Waals surface area contributed by atoms with Crippen LogP contribution in [0.4, 0.5) is 11.4 Å². The third-order valence-electron chi connectivity index (χ3n) is 4.62. The van der Waals surface area contributed by atoms with Crippen molar-refractivity contribution in [2.24, 2.45) is 5.92 Å². The molecule has 1 fully saturated rings. The van der Waals surface area contributed by atoms with Gasteiger partial charge in [-0.25, -0.2) is 0 Å². The highest BCUT2D eigenvalue weighted by Gasteiger charge is 2.24. The number of anilines is 1. The molecule has 2 rings (SSSR count). The Morgan fingerprint density at radius 3 is 2.69 bits per heavy atom. The van der Waals surface area contributed by atoms with Crippen molar-refractivity contribution >= 4 is 17.3 Å². The summed E-state index contributed by atoms with van der Waals surface area (Å²) in [6, 6.07) is 4.75. The Bertz CT molecular complexity index is 625. The molecule has 0 spiro atoms. The second-order valence-corrected chi connectivity index (χ2v) is 7.16. The largest absolute Gasteiger partial charge is 0.379 e. The van der Waals surface area contributed by atoms with Gasteiger partial charge in [-0.3, -0.25) is 14.9 Å². The van der Waals surface area contributed by atoms with Crippen molar-refractivity contribution < 1.29 is 14.5 Å². The number of carbonyl (C=O) groups excluding carboxylic acids is 1. The summed E-state index contributed by atoms with van der Waals surface area (Å²) in [5.74, 6) is 0.353. The molecule has 1 aromatic rings. The number of hydrogen-bond donors (Lipinski definition) is 1. The SMILES string of the molecule is CC1CCN(c2ccc(C(=O)NCCCOC(C)C)cc2[N+](=O)[O-])CC1. The quantitative estimate of drug-likeness (QED) is 0.435. The van der Waals surface area contributed by atoms with Crippen LogP contribution in [0.1, 0.15) is 50.4 Å². The number of nitro benzene ring substituents is 1. The van der Waals surface area contributed by atoms with Gasteiger partial charge in [0.2, 0.25) is 0 Å². The Labute approximate surface area is 154 Å². The van der Waals surface area contributed by atoms with E-state index in [-0.39, 0.29) is 17.7 Å². The number of nitro groups is 1. The summed E-state index contributed by atoms with van der Waals surface area (Å²) in [5.41, 5.74) is 0.912. The maximum Gasteiger partial charge on any atom is 0.293 e. The number of nitrogens with one attached hydrogen (secondary N) is 1. The molecule has 0 saturated carbocycles. The summed E-state index contributed by atoms with van der Waals surface area (Å²) in [5, 5.41) is 14.3. The molecule has 1 aliphatic rings. The van der Waals surface area contributed by atoms with Crippen molar-refractivity contribution in [2.45, 2.75) is 46.1 Å². The van der Waals surface area contributed by atoms with Crippen molar-refractivity contribution in [1.82, 2.24) is 5.32 Å². The number of ether oxygens (including phenoxy) is 1. The fraction of sp³-hybridized carbons (Fsp3) is 0.632. The van der Waals surface area contributed by atoms with Gasteiger partial charge in [0.1, 0.15) is 5.69 Å². The lowest BCUT2D eigenvalue weighted by molar-refractivity contribution is -0.384. The lowest BCUT2D eigenvalue weighted by atomic mass is 9.98. The van der Waals surface area contributed by atoms with E-state index in [1.807, 2.05) is 18.7 Å². The number of hydrogen-bond acceptors (Lipinski definition) is 5. The zero-order valence-corrected chi connectivity index (χ0v) is 15.9. The molecular formula is C19H29N3O4. The molecule has 0 aromatic heterocycles. The minimum Gasteiger partial charge on any atom is -0.379 e. The van der Waals surface area contributed by atoms with Crippen LogP contribution in [0.15, 0.2) is 18.2 Å². The third-order valence-corrected chi connectivity index (χ3v) is 4.62. The molecule has 26 heavy (non-hydrogen) atoms. The van der Waals surface area contributed by atoms with Crippen molar-refractivity contribution in [1.29, 1.82) is 0 Å². The van der Waals surface area contributed by atoms with E-state index in [4.69, 9.17) is 4.74 Å². The molecule has 0 aliphatic carbocycles. The summed E-state index contributed by atoms with van der Waals surface area (Å²) in [6.45, 7) is 8.79. The smallest absolute Gasteiger partial charge is 0.293 e. The second-order valence-electron chi connectivity index (χ2n) is 7.16. The summed E-state index contributed by atoms with van der Waals surface area (Å²) in [6.07, 6.45) is 2.92. The van der Waals surface area contributed by atoms with Crippen LogP contribution in [0.25, 0.3) is 0 Å². The number of piperidine rings is 1. The van der Waals surface area contributed by atoms with Crippen LogP contribution in [-0.4, -0.2) is 43.2 Å². The van der Waals surface area contributed by atoms with Gasteiger partial charge in [-0.1, -0.05) is 6.92 Å². The van der Waals surface area contributed by atoms with Crippen molar-refractivity contribution in [3.8, 4) is 0 Å². The van der Waals surface area contributed by atoms with Crippen molar-refractivity contribution in [2.75, 3.05) is 31.1 Å². The summed E-state index contributed by atoms with van der Waals surface area (Å²) < 4.78 is 5.42. The van der Waals surface area contributed by atoms with E-state index in [1.165, 1.54) is 6.07 Å². The number of amides is 1. The van der Waals surface area contributed by atoms with Gasteiger partial charge in [0.15, 0.2) is 0 Å².